The summed E-state index contributed by atoms with van der Waals surface area (Å²) in [7, 11) is 3.07. The lowest BCUT2D eigenvalue weighted by Crippen LogP contribution is -2.61. The summed E-state index contributed by atoms with van der Waals surface area (Å²) in [5, 5.41) is 37.3. The Balaban J connectivity index is 1.02. The van der Waals surface area contributed by atoms with Gasteiger partial charge in [0.25, 0.3) is 11.7 Å². The maximum atomic E-state index is 14.6. The maximum absolute atomic E-state index is 14.6. The van der Waals surface area contributed by atoms with Crippen LogP contribution < -0.4 is 20.9 Å². The molecule has 0 aromatic carbocycles. The van der Waals surface area contributed by atoms with Crippen molar-refractivity contribution < 1.29 is 72.6 Å². The number of rotatable bonds is 11. The molecule has 89 heavy (non-hydrogen) atoms. The van der Waals surface area contributed by atoms with E-state index in [9.17, 15) is 48.9 Å². The number of aliphatic hydroxyl groups excluding tert-OH is 2. The molecule has 4 aliphatic heterocycles. The van der Waals surface area contributed by atoms with Gasteiger partial charge in [-0.05, 0) is 108 Å². The summed E-state index contributed by atoms with van der Waals surface area (Å²) in [6.07, 6.45) is 13.2. The van der Waals surface area contributed by atoms with Gasteiger partial charge < -0.3 is 64.8 Å². The first-order valence-electron chi connectivity index (χ1n) is 31.4. The molecule has 2 aromatic heterocycles. The van der Waals surface area contributed by atoms with Crippen LogP contribution in [0.2, 0.25) is 0 Å². The van der Waals surface area contributed by atoms with Gasteiger partial charge in [0.2, 0.25) is 17.7 Å². The average Bonchev–Trinajstić information content (AvgIpc) is 1.02. The number of hydrogen-bond acceptors (Lipinski definition) is 22. The van der Waals surface area contributed by atoms with E-state index in [0.29, 0.717) is 101 Å². The van der Waals surface area contributed by atoms with Crippen LogP contribution in [0.25, 0.3) is 0 Å². The van der Waals surface area contributed by atoms with E-state index >= 15 is 0 Å². The van der Waals surface area contributed by atoms with E-state index < -0.39 is 120 Å². The molecular weight excluding hydrogens is 1150 g/mol. The van der Waals surface area contributed by atoms with Gasteiger partial charge in [0, 0.05) is 120 Å². The third-order valence-corrected chi connectivity index (χ3v) is 18.2. The minimum absolute atomic E-state index is 0.00375. The van der Waals surface area contributed by atoms with E-state index in [1.54, 1.807) is 40.3 Å². The number of fused-ring (bicyclic) bond motifs is 3. The summed E-state index contributed by atoms with van der Waals surface area (Å²) < 4.78 is 30.0. The number of allylic oxidation sites excluding steroid dienone is 6. The minimum atomic E-state index is -2.50. The highest BCUT2D eigenvalue weighted by Gasteiger charge is 2.53. The fourth-order valence-electron chi connectivity index (χ4n) is 12.5. The van der Waals surface area contributed by atoms with E-state index in [0.717, 1.165) is 10.5 Å². The van der Waals surface area contributed by atoms with Gasteiger partial charge in [-0.15, -0.1) is 0 Å². The van der Waals surface area contributed by atoms with Gasteiger partial charge in [0.1, 0.15) is 36.2 Å². The Bertz CT molecular complexity index is 2900. The number of esters is 1. The lowest BCUT2D eigenvalue weighted by molar-refractivity contribution is -0.265. The number of nitrogens with zero attached hydrogens (tertiary/aromatic N) is 7. The van der Waals surface area contributed by atoms with Crippen molar-refractivity contribution in [2.45, 2.75) is 193 Å². The number of carbonyl (C=O) groups excluding carboxylic acids is 7. The molecule has 7 rings (SSSR count). The topological polar surface area (TPSA) is 326 Å². The van der Waals surface area contributed by atoms with Crippen molar-refractivity contribution in [2.75, 3.05) is 56.7 Å². The maximum Gasteiger partial charge on any atom is 0.407 e. The zero-order chi connectivity index (χ0) is 64.7. The summed E-state index contributed by atoms with van der Waals surface area (Å²) in [5.41, 5.74) is 9.12. The van der Waals surface area contributed by atoms with E-state index in [1.807, 2.05) is 54.0 Å². The van der Waals surface area contributed by atoms with Crippen molar-refractivity contribution in [3.8, 4) is 0 Å². The highest BCUT2D eigenvalue weighted by Crippen LogP contribution is 2.38. The third kappa shape index (κ3) is 18.5. The number of piperidine rings is 1. The second-order valence-corrected chi connectivity index (χ2v) is 25.0. The van der Waals surface area contributed by atoms with E-state index in [-0.39, 0.29) is 55.5 Å². The van der Waals surface area contributed by atoms with Gasteiger partial charge in [-0.25, -0.2) is 29.5 Å². The number of aliphatic hydroxyl groups is 3. The van der Waals surface area contributed by atoms with Crippen LogP contribution >= 0.6 is 0 Å². The predicted octanol–water partition coefficient (Wildman–Crippen LogP) is 5.26. The van der Waals surface area contributed by atoms with Crippen molar-refractivity contribution in [3.63, 3.8) is 0 Å². The second kappa shape index (κ2) is 32.4. The Morgan fingerprint density at radius 1 is 0.787 bits per heavy atom. The van der Waals surface area contributed by atoms with E-state index in [4.69, 9.17) is 29.4 Å². The Labute approximate surface area is 522 Å². The molecule has 2 bridgehead atoms. The van der Waals surface area contributed by atoms with Crippen molar-refractivity contribution in [3.05, 3.63) is 83.5 Å². The molecule has 4 fully saturated rings. The molecule has 15 atom stereocenters. The van der Waals surface area contributed by atoms with E-state index in [1.165, 1.54) is 39.4 Å². The zero-order valence-corrected chi connectivity index (χ0v) is 53.0. The van der Waals surface area contributed by atoms with Crippen molar-refractivity contribution in [1.29, 1.82) is 0 Å². The van der Waals surface area contributed by atoms with Crippen LogP contribution in [-0.4, -0.2) is 189 Å². The minimum Gasteiger partial charge on any atom is -0.459 e. The quantitative estimate of drug-likeness (QED) is 0.0829. The van der Waals surface area contributed by atoms with Gasteiger partial charge in [-0.1, -0.05) is 64.2 Å². The summed E-state index contributed by atoms with van der Waals surface area (Å²) in [6, 6.07) is -2.24. The van der Waals surface area contributed by atoms with Crippen LogP contribution in [0.5, 0.6) is 0 Å². The summed E-state index contributed by atoms with van der Waals surface area (Å²) in [6.45, 7) is 14.3. The van der Waals surface area contributed by atoms with Crippen LogP contribution in [0.15, 0.2) is 72.4 Å². The van der Waals surface area contributed by atoms with Gasteiger partial charge in [-0.2, -0.15) is 0 Å². The fourth-order valence-corrected chi connectivity index (χ4v) is 12.5. The highest BCUT2D eigenvalue weighted by molar-refractivity contribution is 6.39. The number of ketones is 4. The number of aromatic nitrogens is 4. The third-order valence-electron chi connectivity index (χ3n) is 18.2. The van der Waals surface area contributed by atoms with Crippen LogP contribution in [0.4, 0.5) is 16.7 Å². The first-order valence-corrected chi connectivity index (χ1v) is 31.4. The van der Waals surface area contributed by atoms with Gasteiger partial charge in [0.15, 0.2) is 11.6 Å². The standard InChI is InChI=1S/C65H93N9O15/c1-38-15-11-10-12-16-39(2)53(85-8)31-48-20-18-43(6)65(84,89-48)59(80)60(81)74-22-14-13-17-50(74)61(82)87-54(32-51(76)40(3)28-42(5)57(78)58(79)56(77)41(4)27-38)49(66)29-45-19-21-52(55(30-45)86-9)88-64(83)71-35-46-33-67-62(68-34-46)72-23-25-73(26-24-72)63-69-36-47(37-70-63)44(7)75/h10-12,15-16,28,33-34,36-38,40-41,43,45,48-50,52-55,57-58,78-79,84H,13-14,17-27,29-32,35,66H2,1-9H3,(H,71,83)/b12-10?,15-11+,39-16?,42-28+/t38-,40-,41-,43-,45+,48+,49-,50+,52-,53+,54+,55-,57-,58+,65-/m1/s1. The molecule has 6 heterocycles. The zero-order valence-electron chi connectivity index (χ0n) is 53.0. The molecule has 1 saturated carbocycles. The van der Waals surface area contributed by atoms with Crippen LogP contribution in [-0.2, 0) is 54.2 Å². The highest BCUT2D eigenvalue weighted by atomic mass is 16.6. The number of cyclic esters (lactones) is 1. The number of anilines is 2. The monoisotopic (exact) mass is 1240 g/mol. The molecular formula is C65H93N9O15. The first kappa shape index (κ1) is 69.8. The lowest BCUT2D eigenvalue weighted by Gasteiger charge is -2.42. The number of ether oxygens (including phenoxy) is 5. The molecule has 0 unspecified atom stereocenters. The number of methoxy groups -OCH3 is 2. The smallest absolute Gasteiger partial charge is 0.407 e. The van der Waals surface area contributed by atoms with Crippen LogP contribution in [0.1, 0.15) is 141 Å². The number of Topliss-reactive ketones (excluding diaryl/α,β-unsaturated/α-hetero) is 4. The van der Waals surface area contributed by atoms with Gasteiger partial charge in [0.05, 0.1) is 23.9 Å². The Morgan fingerprint density at radius 2 is 1.45 bits per heavy atom. The summed E-state index contributed by atoms with van der Waals surface area (Å²) in [4.78, 5) is 119. The Morgan fingerprint density at radius 3 is 2.09 bits per heavy atom. The average molecular weight is 1240 g/mol. The van der Waals surface area contributed by atoms with Crippen LogP contribution in [0, 0.1) is 29.6 Å². The van der Waals surface area contributed by atoms with Gasteiger partial charge >= 0.3 is 12.1 Å². The Kier molecular flexibility index (Phi) is 25.4. The van der Waals surface area contributed by atoms with Gasteiger partial charge in [-0.3, -0.25) is 24.0 Å². The number of amides is 2. The molecule has 2 aromatic rings. The first-order chi connectivity index (χ1) is 42.4. The number of hydrogen-bond donors (Lipinski definition) is 5. The Hall–Kier alpha value is -6.67. The fraction of sp³-hybridized carbons (Fsp3) is 0.646. The normalized spacial score (nSPS) is 32.6. The molecule has 2 amide bonds. The van der Waals surface area contributed by atoms with E-state index in [2.05, 4.69) is 25.3 Å². The molecule has 0 radical (unpaired) electrons. The summed E-state index contributed by atoms with van der Waals surface area (Å²) in [5.74, 6) is -8.26. The molecule has 3 saturated heterocycles. The molecule has 488 valence electrons. The number of alkyl carbamates (subject to hydrolysis) is 1. The number of nitrogens with one attached hydrogen (secondary N) is 1. The number of nitrogens with two attached hydrogens (primary N) is 1. The van der Waals surface area contributed by atoms with Crippen LogP contribution in [0.3, 0.4) is 0 Å². The SMILES string of the molecule is CO[C@H]1C[C@@H]2CC[C@@H](C)[C@@](O)(O2)C(=O)C(=O)N2CCCC[C@H]2C(=O)O[C@H]([C@H](N)C[C@@H]2CC[C@@H](OC(=O)NCc3cnc(N4CCN(c5ncc(C(C)=O)cn5)CC4)nc3)[C@H](OC)C2)CC(=O)[C@H](C)/C=C(\C)[C@@H](O)[C@@H](O)C(=O)[C@H](C)C[C@H](C)/C=C/C=CC=C1C. The largest absolute Gasteiger partial charge is 0.459 e. The second-order valence-electron chi connectivity index (χ2n) is 25.0. The number of carbonyl (C=O) groups is 7. The number of piperazine rings is 1. The van der Waals surface area contributed by atoms with Crippen molar-refractivity contribution in [1.82, 2.24) is 30.2 Å². The molecule has 5 aliphatic rings. The molecule has 6 N–H and O–H groups in total. The lowest BCUT2D eigenvalue weighted by atomic mass is 9.80. The summed E-state index contributed by atoms with van der Waals surface area (Å²) >= 11 is 0. The predicted molar refractivity (Wildman–Crippen MR) is 329 cm³/mol. The van der Waals surface area contributed by atoms with Crippen molar-refractivity contribution in [2.24, 2.45) is 35.3 Å². The molecule has 0 spiro atoms. The molecule has 1 aliphatic carbocycles. The molecule has 24 heteroatoms. The molecule has 24 nitrogen and oxygen atoms in total. The van der Waals surface area contributed by atoms with Crippen molar-refractivity contribution >= 4 is 53.0 Å².